The van der Waals surface area contributed by atoms with Crippen LogP contribution in [0, 0.1) is 6.92 Å². The Hall–Kier alpha value is -2.70. The van der Waals surface area contributed by atoms with Gasteiger partial charge in [0, 0.05) is 28.1 Å². The summed E-state index contributed by atoms with van der Waals surface area (Å²) in [6.07, 6.45) is -0.0972. The van der Waals surface area contributed by atoms with Crippen LogP contribution < -0.4 is 20.9 Å². The Morgan fingerprint density at radius 3 is 2.80 bits per heavy atom. The van der Waals surface area contributed by atoms with Crippen LogP contribution in [-0.4, -0.2) is 47.9 Å². The van der Waals surface area contributed by atoms with Gasteiger partial charge >= 0.3 is 18.3 Å². The second-order valence-electron chi connectivity index (χ2n) is 7.37. The number of H-pyrrole nitrogens is 1. The Kier molecular flexibility index (Phi) is 9.09. The van der Waals surface area contributed by atoms with Crippen molar-refractivity contribution in [3.63, 3.8) is 0 Å². The lowest BCUT2D eigenvalue weighted by atomic mass is 10.1. The summed E-state index contributed by atoms with van der Waals surface area (Å²) >= 11 is 11.5. The molecule has 0 saturated carbocycles. The van der Waals surface area contributed by atoms with Crippen LogP contribution in [0.5, 0.6) is 5.75 Å². The van der Waals surface area contributed by atoms with Crippen LogP contribution in [0.2, 0.25) is 5.02 Å². The van der Waals surface area contributed by atoms with E-state index in [0.717, 1.165) is 0 Å². The van der Waals surface area contributed by atoms with Gasteiger partial charge in [-0.15, -0.1) is 0 Å². The first-order valence-corrected chi connectivity index (χ1v) is 13.2. The summed E-state index contributed by atoms with van der Waals surface area (Å²) in [6, 6.07) is 5.67. The second kappa shape index (κ2) is 11.8. The van der Waals surface area contributed by atoms with Crippen LogP contribution >= 0.6 is 18.2 Å². The third-order valence-corrected chi connectivity index (χ3v) is 7.62. The van der Waals surface area contributed by atoms with Crippen molar-refractivity contribution in [2.75, 3.05) is 20.3 Å². The molecule has 188 valence electrons. The summed E-state index contributed by atoms with van der Waals surface area (Å²) in [5.74, 6) is -0.235. The van der Waals surface area contributed by atoms with Crippen molar-refractivity contribution in [3.05, 3.63) is 72.3 Å². The van der Waals surface area contributed by atoms with Gasteiger partial charge in [-0.05, 0) is 48.5 Å². The lowest BCUT2D eigenvalue weighted by molar-refractivity contribution is -0.139. The maximum absolute atomic E-state index is 12.3. The molecule has 0 radical (unpaired) electrons. The summed E-state index contributed by atoms with van der Waals surface area (Å²) in [4.78, 5) is 40.7. The van der Waals surface area contributed by atoms with Crippen molar-refractivity contribution in [1.82, 2.24) is 14.6 Å². The number of halogens is 1. The summed E-state index contributed by atoms with van der Waals surface area (Å²) in [5.41, 5.74) is 8.13. The summed E-state index contributed by atoms with van der Waals surface area (Å²) < 4.78 is 23.5. The molecule has 1 saturated heterocycles. The number of nitrogens with zero attached hydrogens (tertiary/aromatic N) is 4. The van der Waals surface area contributed by atoms with E-state index >= 15 is 0 Å². The van der Waals surface area contributed by atoms with E-state index in [-0.39, 0.29) is 19.6 Å². The number of aromatic nitrogens is 2. The van der Waals surface area contributed by atoms with Crippen LogP contribution in [0.3, 0.4) is 0 Å². The third-order valence-electron chi connectivity index (χ3n) is 4.95. The minimum Gasteiger partial charge on any atom is -0.468 e. The number of aryl methyl sites for hydroxylation is 1. The number of methoxy groups -OCH3 is 1. The molecular weight excluding hydrogens is 523 g/mol. The van der Waals surface area contributed by atoms with E-state index in [1.165, 1.54) is 17.9 Å². The van der Waals surface area contributed by atoms with Gasteiger partial charge in [-0.3, -0.25) is 19.1 Å². The van der Waals surface area contributed by atoms with E-state index in [1.807, 2.05) is 0 Å². The van der Waals surface area contributed by atoms with Crippen LogP contribution in [0.15, 0.2) is 45.2 Å². The molecule has 3 rings (SSSR count). The molecule has 0 bridgehead atoms. The molecule has 1 fully saturated rings. The number of nitrogens with one attached hydrogen (secondary N) is 2. The third kappa shape index (κ3) is 7.15. The lowest BCUT2D eigenvalue weighted by Gasteiger charge is -2.25. The van der Waals surface area contributed by atoms with Gasteiger partial charge in [-0.2, -0.15) is 0 Å². The molecule has 4 atom stereocenters. The van der Waals surface area contributed by atoms with Gasteiger partial charge in [0.1, 0.15) is 18.5 Å². The van der Waals surface area contributed by atoms with E-state index in [1.54, 1.807) is 31.2 Å². The number of aromatic amines is 1. The molecule has 1 aliphatic rings. The number of hydrogen-bond acceptors (Lipinski definition) is 9. The molecule has 2 N–H and O–H groups in total. The van der Waals surface area contributed by atoms with E-state index in [4.69, 9.17) is 42.7 Å². The molecule has 35 heavy (non-hydrogen) atoms. The summed E-state index contributed by atoms with van der Waals surface area (Å²) in [6.45, 7) is -2.24. The first-order chi connectivity index (χ1) is 16.6. The van der Waals surface area contributed by atoms with Gasteiger partial charge in [-0.25, -0.2) is 9.88 Å². The van der Waals surface area contributed by atoms with E-state index in [0.29, 0.717) is 16.3 Å². The number of rotatable bonds is 10. The van der Waals surface area contributed by atoms with Crippen molar-refractivity contribution < 1.29 is 23.3 Å². The van der Waals surface area contributed by atoms with Crippen LogP contribution in [0.4, 0.5) is 0 Å². The molecule has 1 aliphatic heterocycles. The summed E-state index contributed by atoms with van der Waals surface area (Å²) in [7, 11) is 1.23. The highest BCUT2D eigenvalue weighted by atomic mass is 35.5. The fourth-order valence-electron chi connectivity index (χ4n) is 3.17. The molecule has 1 aromatic carbocycles. The Balaban J connectivity index is 1.79. The van der Waals surface area contributed by atoms with Gasteiger partial charge in [0.2, 0.25) is 0 Å². The van der Waals surface area contributed by atoms with E-state index in [2.05, 4.69) is 24.8 Å². The molecule has 16 heteroatoms. The first kappa shape index (κ1) is 26.9. The predicted molar refractivity (Wildman–Crippen MR) is 130 cm³/mol. The smallest absolute Gasteiger partial charge is 0.330 e. The minimum absolute atomic E-state index is 0.153. The number of ether oxygens (including phenoxy) is 2. The van der Waals surface area contributed by atoms with Gasteiger partial charge in [0.25, 0.3) is 5.56 Å². The highest BCUT2D eigenvalue weighted by Crippen LogP contribution is 2.46. The van der Waals surface area contributed by atoms with Crippen molar-refractivity contribution in [2.45, 2.75) is 31.7 Å². The van der Waals surface area contributed by atoms with Gasteiger partial charge in [0.05, 0.1) is 25.9 Å². The molecular formula is C19H22ClN6O7PS. The zero-order valence-corrected chi connectivity index (χ0v) is 21.1. The number of azide groups is 1. The largest absolute Gasteiger partial charge is 0.468 e. The SMILES string of the molecule is COC(=O)CNP(=S)(OC[C@H]1O[C@@H](n2cc(C)c(=O)[nH]c2=O)C[C@@H]1N=[N+]=[N-])Oc1ccc(Cl)cc1. The van der Waals surface area contributed by atoms with Crippen LogP contribution in [0.1, 0.15) is 18.2 Å². The van der Waals surface area contributed by atoms with E-state index < -0.39 is 42.2 Å². The van der Waals surface area contributed by atoms with Gasteiger partial charge in [-0.1, -0.05) is 16.7 Å². The highest BCUT2D eigenvalue weighted by molar-refractivity contribution is 8.09. The monoisotopic (exact) mass is 544 g/mol. The van der Waals surface area contributed by atoms with Crippen molar-refractivity contribution in [1.29, 1.82) is 0 Å². The van der Waals surface area contributed by atoms with Crippen molar-refractivity contribution in [3.8, 4) is 5.75 Å². The van der Waals surface area contributed by atoms with Crippen molar-refractivity contribution >= 4 is 36.0 Å². The maximum Gasteiger partial charge on any atom is 0.330 e. The standard InChI is InChI=1S/C19H22ClN6O7PS/c1-11-9-26(19(29)23-18(11)28)16-7-14(24-25-21)15(32-16)10-31-34(35,22-8-17(27)30-2)33-13-5-3-12(20)4-6-13/h3-6,9,14-16H,7-8,10H2,1-2H3,(H,22,35)(H,23,28,29)/t14-,15+,16+,34?/m0/s1. The predicted octanol–water partition coefficient (Wildman–Crippen LogP) is 2.55. The van der Waals surface area contributed by atoms with Gasteiger partial charge < -0.3 is 18.5 Å². The fourth-order valence-corrected chi connectivity index (χ4v) is 5.20. The highest BCUT2D eigenvalue weighted by Gasteiger charge is 2.38. The molecule has 1 aromatic heterocycles. The Morgan fingerprint density at radius 1 is 1.43 bits per heavy atom. The van der Waals surface area contributed by atoms with Crippen LogP contribution in [0.25, 0.3) is 10.4 Å². The fraction of sp³-hybridized carbons (Fsp3) is 0.421. The minimum atomic E-state index is -3.33. The Bertz CT molecular complexity index is 1280. The number of carbonyl (C=O) groups excluding carboxylic acids is 1. The topological polar surface area (TPSA) is 170 Å². The first-order valence-electron chi connectivity index (χ1n) is 10.2. The zero-order valence-electron chi connectivity index (χ0n) is 18.6. The Labute approximate surface area is 209 Å². The second-order valence-corrected chi connectivity index (χ2v) is 11.0. The molecule has 0 aliphatic carbocycles. The molecule has 13 nitrogen and oxygen atoms in total. The van der Waals surface area contributed by atoms with Crippen LogP contribution in [-0.2, 0) is 30.6 Å². The number of esters is 1. The number of hydrogen-bond donors (Lipinski definition) is 2. The molecule has 2 heterocycles. The number of benzene rings is 1. The zero-order chi connectivity index (χ0) is 25.6. The Morgan fingerprint density at radius 2 is 2.14 bits per heavy atom. The number of carbonyl (C=O) groups is 1. The normalized spacial score (nSPS) is 21.1. The molecule has 2 aromatic rings. The average Bonchev–Trinajstić information content (AvgIpc) is 3.23. The summed E-state index contributed by atoms with van der Waals surface area (Å²) in [5, 5.41) is 7.01. The molecule has 1 unspecified atom stereocenters. The lowest BCUT2D eigenvalue weighted by Crippen LogP contribution is -2.33. The molecule has 0 amide bonds. The van der Waals surface area contributed by atoms with Crippen molar-refractivity contribution in [2.24, 2.45) is 5.11 Å². The maximum atomic E-state index is 12.3. The molecule has 0 spiro atoms. The van der Waals surface area contributed by atoms with Gasteiger partial charge in [0.15, 0.2) is 0 Å². The average molecular weight is 545 g/mol. The quantitative estimate of drug-likeness (QED) is 0.150. The van der Waals surface area contributed by atoms with E-state index in [9.17, 15) is 14.4 Å².